The van der Waals surface area contributed by atoms with Crippen LogP contribution < -0.4 is 5.32 Å². The molecule has 0 saturated carbocycles. The summed E-state index contributed by atoms with van der Waals surface area (Å²) in [6.45, 7) is 2.97. The molecule has 0 bridgehead atoms. The number of hydrogen-bond donors (Lipinski definition) is 3. The normalized spacial score (nSPS) is 41.3. The summed E-state index contributed by atoms with van der Waals surface area (Å²) in [7, 11) is 1.39. The highest BCUT2D eigenvalue weighted by Gasteiger charge is 2.43. The highest BCUT2D eigenvalue weighted by molar-refractivity contribution is 5.73. The summed E-state index contributed by atoms with van der Waals surface area (Å²) in [4.78, 5) is 10.9. The van der Waals surface area contributed by atoms with Crippen LogP contribution in [-0.4, -0.2) is 53.9 Å². The fourth-order valence-corrected chi connectivity index (χ4v) is 1.64. The molecule has 1 fully saturated rings. The SMILES string of the molecule is CO[C@H]1O[C@H](C)[C@@H](O)[C@@H](NC(C)=O)[C@@H]1O. The number of carbonyl (C=O) groups excluding carboxylic acids is 1. The standard InChI is InChI=1S/C9H17NO5/c1-4-7(12)6(10-5(2)11)8(13)9(14-3)15-4/h4,6-9,12-13H,1-3H3,(H,10,11)/t4-,6-,7-,8+,9+/m1/s1. The molecule has 0 unspecified atom stereocenters. The Morgan fingerprint density at radius 2 is 2.00 bits per heavy atom. The van der Waals surface area contributed by atoms with Crippen molar-refractivity contribution in [2.24, 2.45) is 0 Å². The molecule has 1 aliphatic rings. The summed E-state index contributed by atoms with van der Waals surface area (Å²) in [6, 6.07) is -0.767. The Morgan fingerprint density at radius 1 is 1.40 bits per heavy atom. The highest BCUT2D eigenvalue weighted by Crippen LogP contribution is 2.21. The minimum atomic E-state index is -1.08. The van der Waals surface area contributed by atoms with E-state index in [0.717, 1.165) is 0 Å². The van der Waals surface area contributed by atoms with Crippen molar-refractivity contribution in [3.63, 3.8) is 0 Å². The lowest BCUT2D eigenvalue weighted by atomic mass is 9.97. The van der Waals surface area contributed by atoms with Crippen molar-refractivity contribution < 1.29 is 24.5 Å². The van der Waals surface area contributed by atoms with Crippen molar-refractivity contribution in [1.82, 2.24) is 5.32 Å². The zero-order valence-corrected chi connectivity index (χ0v) is 9.01. The first-order valence-electron chi connectivity index (χ1n) is 4.79. The second kappa shape index (κ2) is 4.89. The van der Waals surface area contributed by atoms with Gasteiger partial charge in [-0.05, 0) is 6.92 Å². The van der Waals surface area contributed by atoms with Crippen LogP contribution in [0.5, 0.6) is 0 Å². The largest absolute Gasteiger partial charge is 0.388 e. The highest BCUT2D eigenvalue weighted by atomic mass is 16.7. The smallest absolute Gasteiger partial charge is 0.217 e. The van der Waals surface area contributed by atoms with Gasteiger partial charge in [0.25, 0.3) is 0 Å². The van der Waals surface area contributed by atoms with Crippen LogP contribution in [0.2, 0.25) is 0 Å². The van der Waals surface area contributed by atoms with E-state index in [4.69, 9.17) is 9.47 Å². The first kappa shape index (κ1) is 12.4. The third kappa shape index (κ3) is 2.66. The topological polar surface area (TPSA) is 88.0 Å². The summed E-state index contributed by atoms with van der Waals surface area (Å²) in [5.74, 6) is -0.318. The molecular weight excluding hydrogens is 202 g/mol. The van der Waals surface area contributed by atoms with Crippen LogP contribution in [0, 0.1) is 0 Å². The average molecular weight is 219 g/mol. The molecule has 6 heteroatoms. The predicted octanol–water partition coefficient (Wildman–Crippen LogP) is -1.40. The second-order valence-corrected chi connectivity index (χ2v) is 3.65. The number of rotatable bonds is 2. The summed E-state index contributed by atoms with van der Waals surface area (Å²) < 4.78 is 10.1. The second-order valence-electron chi connectivity index (χ2n) is 3.65. The van der Waals surface area contributed by atoms with Crippen LogP contribution in [0.1, 0.15) is 13.8 Å². The number of aliphatic hydroxyl groups excluding tert-OH is 2. The number of methoxy groups -OCH3 is 1. The summed E-state index contributed by atoms with van der Waals surface area (Å²) >= 11 is 0. The zero-order chi connectivity index (χ0) is 11.6. The van der Waals surface area contributed by atoms with Gasteiger partial charge in [0.1, 0.15) is 12.2 Å². The third-order valence-corrected chi connectivity index (χ3v) is 2.45. The Kier molecular flexibility index (Phi) is 4.04. The molecule has 0 aromatic heterocycles. The van der Waals surface area contributed by atoms with E-state index in [0.29, 0.717) is 0 Å². The zero-order valence-electron chi connectivity index (χ0n) is 9.01. The van der Waals surface area contributed by atoms with Gasteiger partial charge in [-0.15, -0.1) is 0 Å². The molecular formula is C9H17NO5. The molecule has 0 aromatic rings. The molecule has 1 saturated heterocycles. The van der Waals surface area contributed by atoms with Crippen molar-refractivity contribution in [3.05, 3.63) is 0 Å². The van der Waals surface area contributed by atoms with Crippen LogP contribution >= 0.6 is 0 Å². The van der Waals surface area contributed by atoms with Crippen LogP contribution in [0.15, 0.2) is 0 Å². The molecule has 1 rings (SSSR count). The van der Waals surface area contributed by atoms with Crippen molar-refractivity contribution in [3.8, 4) is 0 Å². The Labute approximate surface area is 88.2 Å². The van der Waals surface area contributed by atoms with Crippen LogP contribution in [0.4, 0.5) is 0 Å². The van der Waals surface area contributed by atoms with E-state index in [1.807, 2.05) is 0 Å². The predicted molar refractivity (Wildman–Crippen MR) is 51.0 cm³/mol. The monoisotopic (exact) mass is 219 g/mol. The van der Waals surface area contributed by atoms with Gasteiger partial charge in [0.2, 0.25) is 5.91 Å². The molecule has 1 amide bonds. The lowest BCUT2D eigenvalue weighted by Gasteiger charge is -2.41. The molecule has 88 valence electrons. The van der Waals surface area contributed by atoms with E-state index < -0.39 is 30.6 Å². The lowest BCUT2D eigenvalue weighted by Crippen LogP contribution is -2.63. The Hall–Kier alpha value is -0.690. The number of amides is 1. The number of aliphatic hydroxyl groups is 2. The number of nitrogens with one attached hydrogen (secondary N) is 1. The molecule has 15 heavy (non-hydrogen) atoms. The average Bonchev–Trinajstić information content (AvgIpc) is 2.18. The maximum absolute atomic E-state index is 10.9. The van der Waals surface area contributed by atoms with E-state index in [9.17, 15) is 15.0 Å². The van der Waals surface area contributed by atoms with Crippen LogP contribution in [-0.2, 0) is 14.3 Å². The van der Waals surface area contributed by atoms with E-state index in [1.165, 1.54) is 14.0 Å². The molecule has 6 nitrogen and oxygen atoms in total. The van der Waals surface area contributed by atoms with E-state index in [-0.39, 0.29) is 5.91 Å². The van der Waals surface area contributed by atoms with Crippen molar-refractivity contribution >= 4 is 5.91 Å². The van der Waals surface area contributed by atoms with E-state index in [1.54, 1.807) is 6.92 Å². The van der Waals surface area contributed by atoms with Gasteiger partial charge >= 0.3 is 0 Å². The number of ether oxygens (including phenoxy) is 2. The van der Waals surface area contributed by atoms with Gasteiger partial charge in [-0.2, -0.15) is 0 Å². The molecule has 1 heterocycles. The lowest BCUT2D eigenvalue weighted by molar-refractivity contribution is -0.261. The third-order valence-electron chi connectivity index (χ3n) is 2.45. The van der Waals surface area contributed by atoms with Crippen molar-refractivity contribution in [2.75, 3.05) is 7.11 Å². The summed E-state index contributed by atoms with van der Waals surface area (Å²) in [5, 5.41) is 21.9. The first-order valence-corrected chi connectivity index (χ1v) is 4.79. The summed E-state index contributed by atoms with van der Waals surface area (Å²) in [5.41, 5.74) is 0. The quantitative estimate of drug-likeness (QED) is 0.532. The first-order chi connectivity index (χ1) is 6.97. The van der Waals surface area contributed by atoms with Gasteiger partial charge in [-0.1, -0.05) is 0 Å². The molecule has 0 radical (unpaired) electrons. The molecule has 3 N–H and O–H groups in total. The minimum absolute atomic E-state index is 0.318. The number of hydrogen-bond acceptors (Lipinski definition) is 5. The van der Waals surface area contributed by atoms with E-state index in [2.05, 4.69) is 5.32 Å². The Balaban J connectivity index is 2.74. The van der Waals surface area contributed by atoms with Gasteiger partial charge in [0, 0.05) is 14.0 Å². The Bertz CT molecular complexity index is 235. The maximum atomic E-state index is 10.9. The van der Waals surface area contributed by atoms with Crippen molar-refractivity contribution in [1.29, 1.82) is 0 Å². The minimum Gasteiger partial charge on any atom is -0.388 e. The fraction of sp³-hybridized carbons (Fsp3) is 0.889. The van der Waals surface area contributed by atoms with Gasteiger partial charge in [0.05, 0.1) is 12.1 Å². The van der Waals surface area contributed by atoms with Crippen LogP contribution in [0.25, 0.3) is 0 Å². The van der Waals surface area contributed by atoms with Gasteiger partial charge in [-0.3, -0.25) is 4.79 Å². The van der Waals surface area contributed by atoms with E-state index >= 15 is 0 Å². The van der Waals surface area contributed by atoms with Crippen LogP contribution in [0.3, 0.4) is 0 Å². The molecule has 0 spiro atoms. The Morgan fingerprint density at radius 3 is 2.47 bits per heavy atom. The van der Waals surface area contributed by atoms with Gasteiger partial charge in [0.15, 0.2) is 6.29 Å². The molecule has 5 atom stereocenters. The number of carbonyl (C=O) groups is 1. The summed E-state index contributed by atoms with van der Waals surface area (Å²) in [6.07, 6.45) is -3.36. The molecule has 1 aliphatic heterocycles. The fourth-order valence-electron chi connectivity index (χ4n) is 1.64. The maximum Gasteiger partial charge on any atom is 0.217 e. The molecule has 0 aromatic carbocycles. The van der Waals surface area contributed by atoms with Crippen molar-refractivity contribution in [2.45, 2.75) is 44.5 Å². The van der Waals surface area contributed by atoms with Gasteiger partial charge in [-0.25, -0.2) is 0 Å². The van der Waals surface area contributed by atoms with Gasteiger partial charge < -0.3 is 25.0 Å². The molecule has 0 aliphatic carbocycles.